The van der Waals surface area contributed by atoms with Gasteiger partial charge in [0.15, 0.2) is 11.6 Å². The minimum Gasteiger partial charge on any atom is -0.494 e. The molecule has 0 bridgehead atoms. The van der Waals surface area contributed by atoms with E-state index in [1.165, 1.54) is 35.6 Å². The summed E-state index contributed by atoms with van der Waals surface area (Å²) in [7, 11) is 1.50. The van der Waals surface area contributed by atoms with Gasteiger partial charge in [0.05, 0.1) is 18.6 Å². The third-order valence-electron chi connectivity index (χ3n) is 6.96. The van der Waals surface area contributed by atoms with E-state index in [0.29, 0.717) is 12.4 Å². The normalized spacial score (nSPS) is 18.3. The van der Waals surface area contributed by atoms with Crippen molar-refractivity contribution in [2.45, 2.75) is 11.5 Å². The highest BCUT2D eigenvalue weighted by atomic mass is 19.1. The van der Waals surface area contributed by atoms with Crippen molar-refractivity contribution >= 4 is 5.69 Å². The lowest BCUT2D eigenvalue weighted by atomic mass is 9.77. The van der Waals surface area contributed by atoms with Gasteiger partial charge in [-0.15, -0.1) is 0 Å². The first kappa shape index (κ1) is 19.9. The number of halogens is 1. The molecule has 0 saturated carbocycles. The van der Waals surface area contributed by atoms with Gasteiger partial charge < -0.3 is 14.4 Å². The van der Waals surface area contributed by atoms with Crippen LogP contribution >= 0.6 is 0 Å². The number of nitrogens with zero attached hydrogens (tertiary/aromatic N) is 1. The van der Waals surface area contributed by atoms with Crippen molar-refractivity contribution in [3.05, 3.63) is 125 Å². The first-order valence-electron chi connectivity index (χ1n) is 11.2. The van der Waals surface area contributed by atoms with Crippen LogP contribution in [0.5, 0.6) is 11.5 Å². The van der Waals surface area contributed by atoms with Gasteiger partial charge in [-0.05, 0) is 28.8 Å². The van der Waals surface area contributed by atoms with Crippen LogP contribution < -0.4 is 14.4 Å². The molecule has 0 saturated heterocycles. The molecule has 0 fully saturated rings. The van der Waals surface area contributed by atoms with Crippen molar-refractivity contribution in [3.8, 4) is 11.5 Å². The number of anilines is 1. The van der Waals surface area contributed by atoms with Gasteiger partial charge >= 0.3 is 0 Å². The Morgan fingerprint density at radius 2 is 1.48 bits per heavy atom. The zero-order valence-corrected chi connectivity index (χ0v) is 18.4. The van der Waals surface area contributed by atoms with Crippen LogP contribution in [0.25, 0.3) is 0 Å². The highest BCUT2D eigenvalue weighted by molar-refractivity contribution is 5.71. The van der Waals surface area contributed by atoms with E-state index >= 15 is 0 Å². The third-order valence-corrected chi connectivity index (χ3v) is 6.96. The van der Waals surface area contributed by atoms with E-state index in [4.69, 9.17) is 9.47 Å². The lowest BCUT2D eigenvalue weighted by molar-refractivity contribution is 0.297. The Morgan fingerprint density at radius 3 is 2.15 bits per heavy atom. The molecule has 2 aliphatic heterocycles. The molecule has 2 heterocycles. The highest BCUT2D eigenvalue weighted by Crippen LogP contribution is 2.54. The maximum atomic E-state index is 14.4. The quantitative estimate of drug-likeness (QED) is 0.384. The molecule has 0 radical (unpaired) electrons. The number of hydrogen-bond donors (Lipinski definition) is 0. The van der Waals surface area contributed by atoms with Crippen LogP contribution in [0.15, 0.2) is 97.1 Å². The summed E-state index contributed by atoms with van der Waals surface area (Å²) in [5.41, 5.74) is 5.42. The fraction of sp³-hybridized carbons (Fsp3) is 0.172. The van der Waals surface area contributed by atoms with E-state index in [0.717, 1.165) is 12.1 Å². The highest BCUT2D eigenvalue weighted by Gasteiger charge is 2.51. The summed E-state index contributed by atoms with van der Waals surface area (Å²) in [5.74, 6) is 0.445. The minimum absolute atomic E-state index is 0.0410. The second-order valence-electron chi connectivity index (χ2n) is 8.72. The van der Waals surface area contributed by atoms with Gasteiger partial charge in [-0.2, -0.15) is 0 Å². The van der Waals surface area contributed by atoms with Crippen molar-refractivity contribution in [3.63, 3.8) is 0 Å². The van der Waals surface area contributed by atoms with Gasteiger partial charge in [0.25, 0.3) is 0 Å². The number of fused-ring (bicyclic) bond motifs is 4. The number of rotatable bonds is 4. The average Bonchev–Trinajstić information content (AvgIpc) is 3.38. The summed E-state index contributed by atoms with van der Waals surface area (Å²) < 4.78 is 25.9. The molecule has 6 rings (SSSR count). The molecule has 4 aromatic rings. The molecular formula is C29H24FNO2. The van der Waals surface area contributed by atoms with E-state index in [-0.39, 0.29) is 11.8 Å². The van der Waals surface area contributed by atoms with Crippen LogP contribution in [0.2, 0.25) is 0 Å². The van der Waals surface area contributed by atoms with Crippen LogP contribution in [0.1, 0.15) is 28.3 Å². The van der Waals surface area contributed by atoms with Crippen molar-refractivity contribution < 1.29 is 13.9 Å². The van der Waals surface area contributed by atoms with E-state index < -0.39 is 11.2 Å². The molecule has 0 N–H and O–H groups in total. The summed E-state index contributed by atoms with van der Waals surface area (Å²) in [6.45, 7) is 1.20. The van der Waals surface area contributed by atoms with E-state index in [1.54, 1.807) is 0 Å². The van der Waals surface area contributed by atoms with E-state index in [9.17, 15) is 4.39 Å². The van der Waals surface area contributed by atoms with Gasteiger partial charge in [-0.3, -0.25) is 0 Å². The number of benzene rings is 4. The molecule has 0 amide bonds. The van der Waals surface area contributed by atoms with Crippen molar-refractivity contribution in [2.75, 3.05) is 25.2 Å². The molecule has 1 spiro atoms. The van der Waals surface area contributed by atoms with Gasteiger partial charge in [0.1, 0.15) is 12.4 Å². The maximum Gasteiger partial charge on any atom is 0.168 e. The largest absolute Gasteiger partial charge is 0.494 e. The SMILES string of the molecule is COc1cc2c(cc1F)OCC21CN(C(c2ccccc2)c2ccccc2)c2ccccc21. The van der Waals surface area contributed by atoms with Crippen molar-refractivity contribution in [1.82, 2.24) is 0 Å². The molecule has 33 heavy (non-hydrogen) atoms. The number of hydrogen-bond acceptors (Lipinski definition) is 3. The Morgan fingerprint density at radius 1 is 0.848 bits per heavy atom. The van der Waals surface area contributed by atoms with Gasteiger partial charge in [0, 0.05) is 23.9 Å². The van der Waals surface area contributed by atoms with Crippen LogP contribution in [-0.4, -0.2) is 20.3 Å². The second-order valence-corrected chi connectivity index (χ2v) is 8.72. The minimum atomic E-state index is -0.400. The van der Waals surface area contributed by atoms with E-state index in [2.05, 4.69) is 77.7 Å². The lowest BCUT2D eigenvalue weighted by Gasteiger charge is -2.33. The standard InChI is InChI=1S/C29H24FNO2/c1-32-27-16-23-26(17-24(27)30)33-19-29(23)18-31(25-15-9-8-14-22(25)29)28(20-10-4-2-5-11-20)21-12-6-3-7-13-21/h2-17,28H,18-19H2,1H3. The number of methoxy groups -OCH3 is 1. The van der Waals surface area contributed by atoms with Crippen molar-refractivity contribution in [1.29, 1.82) is 0 Å². The van der Waals surface area contributed by atoms with Crippen LogP contribution in [0.4, 0.5) is 10.1 Å². The van der Waals surface area contributed by atoms with Crippen LogP contribution in [0, 0.1) is 5.82 Å². The Kier molecular flexibility index (Phi) is 4.61. The first-order chi connectivity index (χ1) is 16.2. The van der Waals surface area contributed by atoms with Crippen LogP contribution in [-0.2, 0) is 5.41 Å². The average molecular weight is 438 g/mol. The van der Waals surface area contributed by atoms with Crippen LogP contribution in [0.3, 0.4) is 0 Å². The molecule has 2 aliphatic rings. The van der Waals surface area contributed by atoms with Gasteiger partial charge in [-0.25, -0.2) is 4.39 Å². The molecule has 0 aromatic heterocycles. The molecule has 4 heteroatoms. The Labute approximate surface area is 193 Å². The zero-order valence-electron chi connectivity index (χ0n) is 18.4. The molecule has 0 aliphatic carbocycles. The summed E-state index contributed by atoms with van der Waals surface area (Å²) in [4.78, 5) is 2.47. The smallest absolute Gasteiger partial charge is 0.168 e. The predicted molar refractivity (Wildman–Crippen MR) is 128 cm³/mol. The topological polar surface area (TPSA) is 21.7 Å². The van der Waals surface area contributed by atoms with Gasteiger partial charge in [-0.1, -0.05) is 78.9 Å². The maximum absolute atomic E-state index is 14.4. The fourth-order valence-corrected chi connectivity index (χ4v) is 5.46. The Balaban J connectivity index is 1.54. The molecular weight excluding hydrogens is 413 g/mol. The summed E-state index contributed by atoms with van der Waals surface area (Å²) in [6.07, 6.45) is 0. The Bertz CT molecular complexity index is 1270. The Hall–Kier alpha value is -3.79. The molecule has 1 atom stereocenters. The third kappa shape index (κ3) is 3.01. The predicted octanol–water partition coefficient (Wildman–Crippen LogP) is 6.12. The first-order valence-corrected chi connectivity index (χ1v) is 11.2. The van der Waals surface area contributed by atoms with Crippen molar-refractivity contribution in [2.24, 2.45) is 0 Å². The monoisotopic (exact) mass is 437 g/mol. The lowest BCUT2D eigenvalue weighted by Crippen LogP contribution is -2.38. The molecule has 4 aromatic carbocycles. The summed E-state index contributed by atoms with van der Waals surface area (Å²) in [6, 6.07) is 33.0. The molecule has 3 nitrogen and oxygen atoms in total. The zero-order chi connectivity index (χ0) is 22.4. The number of para-hydroxylation sites is 1. The molecule has 164 valence electrons. The number of ether oxygens (including phenoxy) is 2. The summed E-state index contributed by atoms with van der Waals surface area (Å²) in [5, 5.41) is 0. The summed E-state index contributed by atoms with van der Waals surface area (Å²) >= 11 is 0. The van der Waals surface area contributed by atoms with E-state index in [1.807, 2.05) is 18.2 Å². The molecule has 1 unspecified atom stereocenters. The fourth-order valence-electron chi connectivity index (χ4n) is 5.46. The second kappa shape index (κ2) is 7.66. The van der Waals surface area contributed by atoms with Gasteiger partial charge in [0.2, 0.25) is 0 Å².